The monoisotopic (exact) mass is 596 g/mol. The number of nitrogen functional groups attached to an aromatic ring is 1. The molecule has 42 heavy (non-hydrogen) atoms. The number of anilines is 1. The quantitative estimate of drug-likeness (QED) is 0.105. The molecule has 3 amide bonds. The van der Waals surface area contributed by atoms with Crippen LogP contribution in [0.25, 0.3) is 10.9 Å². The Hall–Kier alpha value is -3.97. The van der Waals surface area contributed by atoms with E-state index in [1.54, 1.807) is 17.5 Å². The zero-order valence-electron chi connectivity index (χ0n) is 24.2. The van der Waals surface area contributed by atoms with Gasteiger partial charge in [0.15, 0.2) is 16.6 Å². The summed E-state index contributed by atoms with van der Waals surface area (Å²) in [6, 6.07) is 3.18. The number of aldehydes is 1. The van der Waals surface area contributed by atoms with E-state index < -0.39 is 23.9 Å². The van der Waals surface area contributed by atoms with Crippen molar-refractivity contribution in [2.45, 2.75) is 58.0 Å². The fourth-order valence-electron chi connectivity index (χ4n) is 5.19. The van der Waals surface area contributed by atoms with Crippen molar-refractivity contribution in [1.29, 1.82) is 0 Å². The summed E-state index contributed by atoms with van der Waals surface area (Å²) >= 11 is 1.34. The largest absolute Gasteiger partial charge is 0.493 e. The molecule has 224 valence electrons. The van der Waals surface area contributed by atoms with Crippen LogP contribution in [0.2, 0.25) is 0 Å². The van der Waals surface area contributed by atoms with Crippen molar-refractivity contribution < 1.29 is 28.7 Å². The number of amides is 3. The topological polar surface area (TPSA) is 149 Å². The zero-order chi connectivity index (χ0) is 30.1. The molecule has 3 N–H and O–H groups in total. The van der Waals surface area contributed by atoms with Gasteiger partial charge in [-0.2, -0.15) is 0 Å². The number of thiazole rings is 1. The van der Waals surface area contributed by atoms with E-state index in [4.69, 9.17) is 15.3 Å². The number of carbonyl (C=O) groups is 4. The fourth-order valence-corrected chi connectivity index (χ4v) is 6.07. The summed E-state index contributed by atoms with van der Waals surface area (Å²) in [4.78, 5) is 61.6. The Balaban J connectivity index is 1.58. The third-order valence-corrected chi connectivity index (χ3v) is 8.43. The summed E-state index contributed by atoms with van der Waals surface area (Å²) in [5, 5.41) is 2.81. The SMILES string of the molecule is COc1cc2cc(C(=O)N(C(=O)c3csc(N(CC(C)C)C4CC4)n3)[C@H](C=O)CC3CC3)n(C(=O)NN)c2cc1OC. The van der Waals surface area contributed by atoms with Crippen LogP contribution >= 0.6 is 11.3 Å². The Morgan fingerprint density at radius 3 is 2.38 bits per heavy atom. The molecule has 0 saturated heterocycles. The molecule has 0 spiro atoms. The van der Waals surface area contributed by atoms with Crippen molar-refractivity contribution in [1.82, 2.24) is 19.9 Å². The first kappa shape index (κ1) is 29.5. The van der Waals surface area contributed by atoms with Gasteiger partial charge in [0.25, 0.3) is 11.8 Å². The van der Waals surface area contributed by atoms with Gasteiger partial charge in [-0.3, -0.25) is 24.5 Å². The van der Waals surface area contributed by atoms with Crippen molar-refractivity contribution in [2.75, 3.05) is 25.7 Å². The summed E-state index contributed by atoms with van der Waals surface area (Å²) in [5.41, 5.74) is 2.30. The van der Waals surface area contributed by atoms with Crippen LogP contribution in [0.5, 0.6) is 11.5 Å². The van der Waals surface area contributed by atoms with Crippen LogP contribution in [0.4, 0.5) is 9.93 Å². The van der Waals surface area contributed by atoms with Gasteiger partial charge < -0.3 is 19.2 Å². The molecule has 5 rings (SSSR count). The molecule has 2 heterocycles. The van der Waals surface area contributed by atoms with E-state index in [0.717, 1.165) is 41.7 Å². The molecule has 0 aliphatic heterocycles. The van der Waals surface area contributed by atoms with Crippen LogP contribution in [0.15, 0.2) is 23.6 Å². The molecule has 2 aliphatic rings. The number of ether oxygens (including phenoxy) is 2. The highest BCUT2D eigenvalue weighted by Gasteiger charge is 2.39. The Kier molecular flexibility index (Phi) is 8.50. The number of imide groups is 1. The van der Waals surface area contributed by atoms with Gasteiger partial charge in [0.2, 0.25) is 0 Å². The van der Waals surface area contributed by atoms with Gasteiger partial charge in [-0.25, -0.2) is 15.6 Å². The van der Waals surface area contributed by atoms with Crippen LogP contribution in [-0.2, 0) is 4.79 Å². The van der Waals surface area contributed by atoms with Crippen molar-refractivity contribution in [3.63, 3.8) is 0 Å². The van der Waals surface area contributed by atoms with E-state index in [2.05, 4.69) is 29.2 Å². The number of nitrogens with two attached hydrogens (primary N) is 1. The molecule has 12 nitrogen and oxygen atoms in total. The van der Waals surface area contributed by atoms with E-state index >= 15 is 0 Å². The van der Waals surface area contributed by atoms with Gasteiger partial charge in [-0.1, -0.05) is 26.7 Å². The van der Waals surface area contributed by atoms with Crippen LogP contribution in [0, 0.1) is 11.8 Å². The number of nitrogens with zero attached hydrogens (tertiary/aromatic N) is 4. The third-order valence-electron chi connectivity index (χ3n) is 7.56. The van der Waals surface area contributed by atoms with Crippen LogP contribution < -0.4 is 25.6 Å². The van der Waals surface area contributed by atoms with Crippen LogP contribution in [-0.4, -0.2) is 71.4 Å². The van der Waals surface area contributed by atoms with E-state index in [0.29, 0.717) is 52.2 Å². The molecular weight excluding hydrogens is 560 g/mol. The average molecular weight is 597 g/mol. The third kappa shape index (κ3) is 5.84. The number of fused-ring (bicyclic) bond motifs is 1. The minimum atomic E-state index is -1.03. The second-order valence-electron chi connectivity index (χ2n) is 11.2. The zero-order valence-corrected chi connectivity index (χ0v) is 25.0. The lowest BCUT2D eigenvalue weighted by Gasteiger charge is -2.26. The maximum atomic E-state index is 14.3. The molecule has 2 saturated carbocycles. The number of hydrogen-bond acceptors (Lipinski definition) is 10. The predicted octanol–water partition coefficient (Wildman–Crippen LogP) is 3.82. The summed E-state index contributed by atoms with van der Waals surface area (Å²) < 4.78 is 11.9. The molecule has 1 aromatic carbocycles. The lowest BCUT2D eigenvalue weighted by Crippen LogP contribution is -2.47. The number of hydrogen-bond donors (Lipinski definition) is 2. The van der Waals surface area contributed by atoms with Gasteiger partial charge in [0.1, 0.15) is 17.7 Å². The van der Waals surface area contributed by atoms with Crippen LogP contribution in [0.3, 0.4) is 0 Å². The first-order chi connectivity index (χ1) is 20.2. The van der Waals surface area contributed by atoms with Gasteiger partial charge in [0, 0.05) is 29.4 Å². The van der Waals surface area contributed by atoms with Gasteiger partial charge in [0.05, 0.1) is 25.8 Å². The van der Waals surface area contributed by atoms with E-state index in [-0.39, 0.29) is 17.3 Å². The number of hydrazine groups is 1. The highest BCUT2D eigenvalue weighted by molar-refractivity contribution is 7.14. The molecular formula is C29H36N6O6S. The van der Waals surface area contributed by atoms with E-state index in [1.807, 2.05) is 0 Å². The molecule has 2 aromatic heterocycles. The average Bonchev–Trinajstić information content (AvgIpc) is 3.91. The Labute approximate surface area is 247 Å². The number of rotatable bonds is 12. The second kappa shape index (κ2) is 12.1. The lowest BCUT2D eigenvalue weighted by molar-refractivity contribution is -0.111. The second-order valence-corrected chi connectivity index (χ2v) is 12.1. The smallest absolute Gasteiger partial charge is 0.340 e. The maximum absolute atomic E-state index is 14.3. The van der Waals surface area contributed by atoms with Gasteiger partial charge in [-0.15, -0.1) is 11.3 Å². The number of aromatic nitrogens is 2. The minimum Gasteiger partial charge on any atom is -0.493 e. The minimum absolute atomic E-state index is 0.0784. The molecule has 2 fully saturated rings. The number of benzene rings is 1. The summed E-state index contributed by atoms with van der Waals surface area (Å²) in [6.07, 6.45) is 4.93. The predicted molar refractivity (Wildman–Crippen MR) is 158 cm³/mol. The molecule has 1 atom stereocenters. The molecule has 0 unspecified atom stereocenters. The van der Waals surface area contributed by atoms with Gasteiger partial charge in [-0.05, 0) is 43.2 Å². The van der Waals surface area contributed by atoms with Crippen molar-refractivity contribution in [2.24, 2.45) is 17.7 Å². The Morgan fingerprint density at radius 2 is 1.81 bits per heavy atom. The first-order valence-electron chi connectivity index (χ1n) is 14.0. The highest BCUT2D eigenvalue weighted by Crippen LogP contribution is 2.38. The fraction of sp³-hybridized carbons (Fsp3) is 0.483. The highest BCUT2D eigenvalue weighted by atomic mass is 32.1. The Morgan fingerprint density at radius 1 is 1.12 bits per heavy atom. The molecule has 2 aliphatic carbocycles. The molecule has 0 bridgehead atoms. The van der Waals surface area contributed by atoms with Crippen LogP contribution in [0.1, 0.15) is 66.9 Å². The summed E-state index contributed by atoms with van der Waals surface area (Å²) in [5.74, 6) is 5.34. The first-order valence-corrected chi connectivity index (χ1v) is 14.9. The number of methoxy groups -OCH3 is 2. The van der Waals surface area contributed by atoms with Crippen molar-refractivity contribution in [3.8, 4) is 11.5 Å². The Bertz CT molecular complexity index is 1510. The number of carbonyl (C=O) groups excluding carboxylic acids is 4. The standard InChI is InChI=1S/C29H36N6O6S/c1-16(2)13-33(19-7-8-19)29-31-21(15-42-29)26(37)34(20(14-36)9-17-5-6-17)27(38)23-10-18-11-24(40-3)25(41-4)12-22(18)35(23)28(39)32-30/h10-12,14-17,19-20H,5-9,13,30H2,1-4H3,(H,32,39)/t20-/m0/s1. The molecule has 0 radical (unpaired) electrons. The van der Waals surface area contributed by atoms with Crippen molar-refractivity contribution in [3.05, 3.63) is 35.0 Å². The summed E-state index contributed by atoms with van der Waals surface area (Å²) in [7, 11) is 2.92. The van der Waals surface area contributed by atoms with Gasteiger partial charge >= 0.3 is 6.03 Å². The lowest BCUT2D eigenvalue weighted by atomic mass is 10.1. The normalized spacial score (nSPS) is 15.4. The maximum Gasteiger partial charge on any atom is 0.340 e. The molecule has 3 aromatic rings. The molecule has 13 heteroatoms. The number of nitrogens with one attached hydrogen (secondary N) is 1. The van der Waals surface area contributed by atoms with E-state index in [1.165, 1.54) is 31.6 Å². The van der Waals surface area contributed by atoms with E-state index in [9.17, 15) is 19.2 Å². The van der Waals surface area contributed by atoms with Crippen molar-refractivity contribution >= 4 is 51.5 Å². The summed E-state index contributed by atoms with van der Waals surface area (Å²) in [6.45, 7) is 5.06.